The number of aromatic nitrogens is 1. The molecule has 0 radical (unpaired) electrons. The van der Waals surface area contributed by atoms with Gasteiger partial charge in [0.15, 0.2) is 5.76 Å². The van der Waals surface area contributed by atoms with Gasteiger partial charge in [-0.3, -0.25) is 4.79 Å². The molecule has 0 saturated carbocycles. The number of aryl methyl sites for hydroxylation is 2. The molecule has 1 N–H and O–H groups in total. The molecule has 8 heteroatoms. The lowest BCUT2D eigenvalue weighted by Gasteiger charge is -2.15. The van der Waals surface area contributed by atoms with Crippen LogP contribution in [0.4, 0.5) is 0 Å². The minimum absolute atomic E-state index is 0.0365. The molecular weight excluding hydrogens is 330 g/mol. The Morgan fingerprint density at radius 3 is 2.62 bits per heavy atom. The minimum atomic E-state index is -3.62. The van der Waals surface area contributed by atoms with E-state index in [0.717, 1.165) is 11.1 Å². The SMILES string of the molecule is Cc1ccc(S(=O)(=O)NCCC(=O)N(C)Cc2ccno2)cc1C. The van der Waals surface area contributed by atoms with Crippen molar-refractivity contribution in [3.8, 4) is 0 Å². The molecule has 0 unspecified atom stereocenters. The number of hydrogen-bond donors (Lipinski definition) is 1. The van der Waals surface area contributed by atoms with Crippen LogP contribution in [-0.4, -0.2) is 38.0 Å². The summed E-state index contributed by atoms with van der Waals surface area (Å²) < 4.78 is 31.9. The Bertz CT molecular complexity index is 801. The average molecular weight is 351 g/mol. The van der Waals surface area contributed by atoms with Crippen LogP contribution in [0.3, 0.4) is 0 Å². The summed E-state index contributed by atoms with van der Waals surface area (Å²) in [5, 5.41) is 3.57. The highest BCUT2D eigenvalue weighted by Crippen LogP contribution is 2.14. The maximum atomic E-state index is 12.2. The zero-order valence-electron chi connectivity index (χ0n) is 13.9. The number of amides is 1. The van der Waals surface area contributed by atoms with E-state index in [0.29, 0.717) is 12.3 Å². The molecule has 0 aliphatic heterocycles. The Morgan fingerprint density at radius 1 is 1.25 bits per heavy atom. The second-order valence-corrected chi connectivity index (χ2v) is 7.39. The lowest BCUT2D eigenvalue weighted by Crippen LogP contribution is -2.31. The standard InChI is InChI=1S/C16H21N3O4S/c1-12-4-5-15(10-13(12)2)24(21,22)18-9-7-16(20)19(3)11-14-6-8-17-23-14/h4-6,8,10,18H,7,9,11H2,1-3H3. The van der Waals surface area contributed by atoms with E-state index in [1.54, 1.807) is 31.3 Å². The third-order valence-electron chi connectivity index (χ3n) is 3.73. The predicted octanol–water partition coefficient (Wildman–Crippen LogP) is 1.62. The summed E-state index contributed by atoms with van der Waals surface area (Å²) in [5.41, 5.74) is 1.93. The summed E-state index contributed by atoms with van der Waals surface area (Å²) >= 11 is 0. The predicted molar refractivity (Wildman–Crippen MR) is 88.7 cm³/mol. The number of hydrogen-bond acceptors (Lipinski definition) is 5. The summed E-state index contributed by atoms with van der Waals surface area (Å²) in [6.45, 7) is 4.11. The summed E-state index contributed by atoms with van der Waals surface area (Å²) in [6.07, 6.45) is 1.57. The molecule has 130 valence electrons. The van der Waals surface area contributed by atoms with Gasteiger partial charge >= 0.3 is 0 Å². The van der Waals surface area contributed by atoms with E-state index in [2.05, 4.69) is 9.88 Å². The molecule has 0 aliphatic carbocycles. The second-order valence-electron chi connectivity index (χ2n) is 5.62. The van der Waals surface area contributed by atoms with Gasteiger partial charge in [-0.05, 0) is 37.1 Å². The smallest absolute Gasteiger partial charge is 0.240 e. The van der Waals surface area contributed by atoms with E-state index in [-0.39, 0.29) is 23.8 Å². The fraction of sp³-hybridized carbons (Fsp3) is 0.375. The van der Waals surface area contributed by atoms with E-state index in [4.69, 9.17) is 4.52 Å². The van der Waals surface area contributed by atoms with Gasteiger partial charge in [-0.2, -0.15) is 0 Å². The van der Waals surface area contributed by atoms with Crippen molar-refractivity contribution < 1.29 is 17.7 Å². The number of sulfonamides is 1. The molecule has 0 aliphatic rings. The van der Waals surface area contributed by atoms with E-state index in [1.165, 1.54) is 11.1 Å². The van der Waals surface area contributed by atoms with Crippen molar-refractivity contribution in [3.63, 3.8) is 0 Å². The summed E-state index contributed by atoms with van der Waals surface area (Å²) in [5.74, 6) is 0.385. The highest BCUT2D eigenvalue weighted by atomic mass is 32.2. The molecule has 7 nitrogen and oxygen atoms in total. The molecule has 0 saturated heterocycles. The number of nitrogens with zero attached hydrogens (tertiary/aromatic N) is 2. The summed E-state index contributed by atoms with van der Waals surface area (Å²) in [7, 11) is -1.99. The first-order valence-electron chi connectivity index (χ1n) is 7.50. The van der Waals surface area contributed by atoms with Gasteiger partial charge in [-0.1, -0.05) is 11.2 Å². The van der Waals surface area contributed by atoms with Crippen LogP contribution in [0.25, 0.3) is 0 Å². The molecule has 2 rings (SSSR count). The summed E-state index contributed by atoms with van der Waals surface area (Å²) in [4.78, 5) is 13.7. The molecule has 24 heavy (non-hydrogen) atoms. The number of carbonyl (C=O) groups is 1. The highest BCUT2D eigenvalue weighted by molar-refractivity contribution is 7.89. The van der Waals surface area contributed by atoms with Crippen molar-refractivity contribution in [3.05, 3.63) is 47.3 Å². The van der Waals surface area contributed by atoms with Crippen LogP contribution in [0, 0.1) is 13.8 Å². The van der Waals surface area contributed by atoms with Crippen LogP contribution in [0.15, 0.2) is 39.9 Å². The molecule has 0 spiro atoms. The fourth-order valence-corrected chi connectivity index (χ4v) is 3.21. The Labute approximate surface area is 141 Å². The maximum Gasteiger partial charge on any atom is 0.240 e. The van der Waals surface area contributed by atoms with Crippen LogP contribution in [-0.2, 0) is 21.4 Å². The Kier molecular flexibility index (Phi) is 5.74. The van der Waals surface area contributed by atoms with E-state index >= 15 is 0 Å². The van der Waals surface area contributed by atoms with Gasteiger partial charge in [0.25, 0.3) is 0 Å². The van der Waals surface area contributed by atoms with Gasteiger partial charge in [0.1, 0.15) is 0 Å². The van der Waals surface area contributed by atoms with Crippen molar-refractivity contribution >= 4 is 15.9 Å². The van der Waals surface area contributed by atoms with Crippen LogP contribution >= 0.6 is 0 Å². The molecule has 1 amide bonds. The van der Waals surface area contributed by atoms with Crippen molar-refractivity contribution in [2.45, 2.75) is 31.7 Å². The fourth-order valence-electron chi connectivity index (χ4n) is 2.09. The highest BCUT2D eigenvalue weighted by Gasteiger charge is 2.16. The van der Waals surface area contributed by atoms with Gasteiger partial charge in [0, 0.05) is 26.1 Å². The quantitative estimate of drug-likeness (QED) is 0.818. The first kappa shape index (κ1) is 18.2. The second kappa shape index (κ2) is 7.59. The van der Waals surface area contributed by atoms with Crippen molar-refractivity contribution in [1.82, 2.24) is 14.8 Å². The van der Waals surface area contributed by atoms with Gasteiger partial charge in [0.05, 0.1) is 17.6 Å². The molecule has 1 aromatic heterocycles. The third kappa shape index (κ3) is 4.65. The number of benzene rings is 1. The van der Waals surface area contributed by atoms with Gasteiger partial charge in [0.2, 0.25) is 15.9 Å². The molecule has 1 heterocycles. The van der Waals surface area contributed by atoms with Crippen LogP contribution < -0.4 is 4.72 Å². The molecule has 0 fully saturated rings. The van der Waals surface area contributed by atoms with Crippen LogP contribution in [0.5, 0.6) is 0 Å². The van der Waals surface area contributed by atoms with Crippen molar-refractivity contribution in [1.29, 1.82) is 0 Å². The Morgan fingerprint density at radius 2 is 2.00 bits per heavy atom. The maximum absolute atomic E-state index is 12.2. The molecule has 0 atom stereocenters. The van der Waals surface area contributed by atoms with E-state index < -0.39 is 10.0 Å². The van der Waals surface area contributed by atoms with Gasteiger partial charge < -0.3 is 9.42 Å². The van der Waals surface area contributed by atoms with E-state index in [9.17, 15) is 13.2 Å². The Hall–Kier alpha value is -2.19. The normalized spacial score (nSPS) is 11.5. The molecule has 1 aromatic carbocycles. The Balaban J connectivity index is 1.88. The van der Waals surface area contributed by atoms with Crippen molar-refractivity contribution in [2.24, 2.45) is 0 Å². The molecular formula is C16H21N3O4S. The van der Waals surface area contributed by atoms with Crippen LogP contribution in [0.2, 0.25) is 0 Å². The van der Waals surface area contributed by atoms with E-state index in [1.807, 2.05) is 13.8 Å². The number of rotatable bonds is 7. The van der Waals surface area contributed by atoms with Crippen molar-refractivity contribution in [2.75, 3.05) is 13.6 Å². The average Bonchev–Trinajstić information content (AvgIpc) is 3.02. The lowest BCUT2D eigenvalue weighted by atomic mass is 10.1. The molecule has 0 bridgehead atoms. The zero-order chi connectivity index (χ0) is 17.7. The first-order chi connectivity index (χ1) is 11.3. The largest absolute Gasteiger partial charge is 0.360 e. The number of nitrogens with one attached hydrogen (secondary N) is 1. The topological polar surface area (TPSA) is 92.5 Å². The minimum Gasteiger partial charge on any atom is -0.360 e. The summed E-state index contributed by atoms with van der Waals surface area (Å²) in [6, 6.07) is 6.62. The first-order valence-corrected chi connectivity index (χ1v) is 8.98. The van der Waals surface area contributed by atoms with Crippen LogP contribution in [0.1, 0.15) is 23.3 Å². The van der Waals surface area contributed by atoms with Gasteiger partial charge in [-0.25, -0.2) is 13.1 Å². The zero-order valence-corrected chi connectivity index (χ0v) is 14.8. The van der Waals surface area contributed by atoms with Gasteiger partial charge in [-0.15, -0.1) is 0 Å². The number of carbonyl (C=O) groups excluding carboxylic acids is 1. The third-order valence-corrected chi connectivity index (χ3v) is 5.19. The lowest BCUT2D eigenvalue weighted by molar-refractivity contribution is -0.130. The molecule has 2 aromatic rings. The monoisotopic (exact) mass is 351 g/mol.